The molecule has 5 nitrogen and oxygen atoms in total. The van der Waals surface area contributed by atoms with Gasteiger partial charge >= 0.3 is 0 Å². The Kier molecular flexibility index (Phi) is 2.38. The zero-order valence-corrected chi connectivity index (χ0v) is 9.88. The van der Waals surface area contributed by atoms with Gasteiger partial charge in [-0.15, -0.1) is 0 Å². The summed E-state index contributed by atoms with van der Waals surface area (Å²) in [6.07, 6.45) is 1.20. The van der Waals surface area contributed by atoms with Gasteiger partial charge in [-0.2, -0.15) is 0 Å². The van der Waals surface area contributed by atoms with Gasteiger partial charge in [-0.3, -0.25) is 0 Å². The van der Waals surface area contributed by atoms with E-state index in [1.165, 1.54) is 31.6 Å². The molecule has 6 heteroatoms. The lowest BCUT2D eigenvalue weighted by molar-refractivity contribution is 0.400. The second-order valence-corrected chi connectivity index (χ2v) is 3.99. The van der Waals surface area contributed by atoms with E-state index in [-0.39, 0.29) is 22.9 Å². The minimum absolute atomic E-state index is 0.113. The molecule has 2 aromatic carbocycles. The van der Waals surface area contributed by atoms with Gasteiger partial charge in [0.25, 0.3) is 0 Å². The maximum atomic E-state index is 13.4. The van der Waals surface area contributed by atoms with Gasteiger partial charge in [-0.25, -0.2) is 14.4 Å². The highest BCUT2D eigenvalue weighted by Crippen LogP contribution is 2.43. The van der Waals surface area contributed by atoms with E-state index in [0.717, 1.165) is 0 Å². The quantitative estimate of drug-likeness (QED) is 0.519. The normalized spacial score (nSPS) is 11.1. The number of fused-ring (bicyclic) bond motifs is 3. The summed E-state index contributed by atoms with van der Waals surface area (Å²) in [5.74, 6) is -0.987. The van der Waals surface area contributed by atoms with Crippen molar-refractivity contribution in [1.82, 2.24) is 9.97 Å². The molecule has 0 atom stereocenters. The second kappa shape index (κ2) is 3.94. The maximum absolute atomic E-state index is 13.4. The first-order chi connectivity index (χ1) is 9.13. The van der Waals surface area contributed by atoms with Crippen LogP contribution in [0.4, 0.5) is 4.39 Å². The summed E-state index contributed by atoms with van der Waals surface area (Å²) in [7, 11) is 1.41. The first-order valence-electron chi connectivity index (χ1n) is 5.45. The minimum atomic E-state index is -0.468. The predicted molar refractivity (Wildman–Crippen MR) is 66.9 cm³/mol. The van der Waals surface area contributed by atoms with E-state index in [4.69, 9.17) is 4.74 Å². The molecule has 3 aromatic rings. The molecule has 0 saturated carbocycles. The molecule has 0 unspecified atom stereocenters. The number of phenolic OH excluding ortho intramolecular Hbond substituents is 2. The molecule has 0 aliphatic heterocycles. The molecule has 19 heavy (non-hydrogen) atoms. The number of phenols is 2. The monoisotopic (exact) mass is 260 g/mol. The summed E-state index contributed by atoms with van der Waals surface area (Å²) < 4.78 is 18.5. The van der Waals surface area contributed by atoms with Crippen LogP contribution in [0.2, 0.25) is 0 Å². The summed E-state index contributed by atoms with van der Waals surface area (Å²) in [5, 5.41) is 20.9. The van der Waals surface area contributed by atoms with Crippen molar-refractivity contribution in [2.24, 2.45) is 0 Å². The number of hydrogen-bond donors (Lipinski definition) is 2. The van der Waals surface area contributed by atoms with E-state index in [1.807, 2.05) is 0 Å². The van der Waals surface area contributed by atoms with Crippen LogP contribution >= 0.6 is 0 Å². The zero-order chi connectivity index (χ0) is 13.6. The molecular formula is C13H9FN2O3. The Morgan fingerprint density at radius 2 is 1.89 bits per heavy atom. The van der Waals surface area contributed by atoms with E-state index in [0.29, 0.717) is 16.2 Å². The molecule has 0 saturated heterocycles. The maximum Gasteiger partial charge on any atom is 0.224 e. The number of nitrogens with zero attached hydrogens (tertiary/aromatic N) is 2. The molecule has 3 rings (SSSR count). The number of aromatic hydroxyl groups is 2. The molecule has 96 valence electrons. The highest BCUT2D eigenvalue weighted by Gasteiger charge is 2.18. The average molecular weight is 260 g/mol. The molecule has 1 heterocycles. The number of aromatic nitrogens is 2. The summed E-state index contributed by atoms with van der Waals surface area (Å²) in [4.78, 5) is 7.83. The van der Waals surface area contributed by atoms with E-state index >= 15 is 0 Å². The van der Waals surface area contributed by atoms with Crippen LogP contribution in [0.1, 0.15) is 0 Å². The number of benzene rings is 2. The highest BCUT2D eigenvalue weighted by molar-refractivity contribution is 6.14. The van der Waals surface area contributed by atoms with Gasteiger partial charge in [-0.05, 0) is 18.2 Å². The Hall–Kier alpha value is -2.63. The lowest BCUT2D eigenvalue weighted by Crippen LogP contribution is -1.93. The molecule has 2 N–H and O–H groups in total. The smallest absolute Gasteiger partial charge is 0.224 e. The van der Waals surface area contributed by atoms with Crippen LogP contribution in [-0.4, -0.2) is 27.3 Å². The topological polar surface area (TPSA) is 75.5 Å². The van der Waals surface area contributed by atoms with Crippen LogP contribution < -0.4 is 4.74 Å². The van der Waals surface area contributed by atoms with Crippen LogP contribution in [0.3, 0.4) is 0 Å². The van der Waals surface area contributed by atoms with Crippen molar-refractivity contribution < 1.29 is 19.3 Å². The van der Waals surface area contributed by atoms with E-state index in [9.17, 15) is 14.6 Å². The van der Waals surface area contributed by atoms with Crippen molar-refractivity contribution in [1.29, 1.82) is 0 Å². The molecule has 0 spiro atoms. The lowest BCUT2D eigenvalue weighted by atomic mass is 10.0. The Bertz CT molecular complexity index is 805. The van der Waals surface area contributed by atoms with Crippen molar-refractivity contribution in [3.8, 4) is 17.4 Å². The fourth-order valence-electron chi connectivity index (χ4n) is 2.12. The van der Waals surface area contributed by atoms with Gasteiger partial charge in [-0.1, -0.05) is 0 Å². The molecule has 0 radical (unpaired) electrons. The van der Waals surface area contributed by atoms with Crippen molar-refractivity contribution in [2.45, 2.75) is 0 Å². The SMILES string of the molecule is COc1ncnc2c(O)c(O)c3ccc(F)cc3c12. The van der Waals surface area contributed by atoms with E-state index in [1.54, 1.807) is 0 Å². The summed E-state index contributed by atoms with van der Waals surface area (Å²) >= 11 is 0. The summed E-state index contributed by atoms with van der Waals surface area (Å²) in [5.41, 5.74) is 0.113. The molecule has 0 bridgehead atoms. The van der Waals surface area contributed by atoms with Gasteiger partial charge in [0.1, 0.15) is 17.7 Å². The Balaban J connectivity index is 2.66. The lowest BCUT2D eigenvalue weighted by Gasteiger charge is -2.10. The summed E-state index contributed by atoms with van der Waals surface area (Å²) in [6, 6.07) is 3.82. The van der Waals surface area contributed by atoms with Gasteiger partial charge in [0.2, 0.25) is 5.88 Å². The molecule has 1 aromatic heterocycles. The average Bonchev–Trinajstić information content (AvgIpc) is 2.43. The van der Waals surface area contributed by atoms with Crippen molar-refractivity contribution in [3.63, 3.8) is 0 Å². The van der Waals surface area contributed by atoms with Gasteiger partial charge in [0.15, 0.2) is 11.5 Å². The first kappa shape index (κ1) is 11.5. The van der Waals surface area contributed by atoms with E-state index in [2.05, 4.69) is 9.97 Å². The zero-order valence-electron chi connectivity index (χ0n) is 9.88. The number of rotatable bonds is 1. The van der Waals surface area contributed by atoms with Crippen LogP contribution in [0.25, 0.3) is 21.7 Å². The molecule has 0 aliphatic carbocycles. The van der Waals surface area contributed by atoms with Crippen molar-refractivity contribution in [2.75, 3.05) is 7.11 Å². The van der Waals surface area contributed by atoms with Crippen molar-refractivity contribution >= 4 is 21.7 Å². The Morgan fingerprint density at radius 3 is 2.63 bits per heavy atom. The third-order valence-electron chi connectivity index (χ3n) is 2.96. The van der Waals surface area contributed by atoms with Crippen LogP contribution in [-0.2, 0) is 0 Å². The third-order valence-corrected chi connectivity index (χ3v) is 2.96. The molecule has 0 fully saturated rings. The van der Waals surface area contributed by atoms with Gasteiger partial charge in [0, 0.05) is 10.8 Å². The summed E-state index contributed by atoms with van der Waals surface area (Å²) in [6.45, 7) is 0. The highest BCUT2D eigenvalue weighted by atomic mass is 19.1. The predicted octanol–water partition coefficient (Wildman–Crippen LogP) is 2.34. The Morgan fingerprint density at radius 1 is 1.11 bits per heavy atom. The second-order valence-electron chi connectivity index (χ2n) is 3.99. The largest absolute Gasteiger partial charge is 0.504 e. The van der Waals surface area contributed by atoms with Crippen LogP contribution in [0, 0.1) is 5.82 Å². The van der Waals surface area contributed by atoms with Gasteiger partial charge < -0.3 is 14.9 Å². The standard InChI is InChI=1S/C13H9FN2O3/c1-19-13-9-8-4-6(14)2-3-7(8)11(17)12(18)10(9)15-5-16-13/h2-5,17-18H,1H3. The van der Waals surface area contributed by atoms with E-state index < -0.39 is 5.82 Å². The minimum Gasteiger partial charge on any atom is -0.504 e. The Labute approximate surface area is 106 Å². The van der Waals surface area contributed by atoms with Crippen LogP contribution in [0.15, 0.2) is 24.5 Å². The number of methoxy groups -OCH3 is 1. The first-order valence-corrected chi connectivity index (χ1v) is 5.45. The number of hydrogen-bond acceptors (Lipinski definition) is 5. The molecular weight excluding hydrogens is 251 g/mol. The number of halogens is 1. The fourth-order valence-corrected chi connectivity index (χ4v) is 2.12. The number of ether oxygens (including phenoxy) is 1. The fraction of sp³-hybridized carbons (Fsp3) is 0.0769. The van der Waals surface area contributed by atoms with Crippen molar-refractivity contribution in [3.05, 3.63) is 30.3 Å². The molecule has 0 amide bonds. The van der Waals surface area contributed by atoms with Crippen LogP contribution in [0.5, 0.6) is 17.4 Å². The molecule has 0 aliphatic rings. The third kappa shape index (κ3) is 1.53. The van der Waals surface area contributed by atoms with Gasteiger partial charge in [0.05, 0.1) is 12.5 Å².